The van der Waals surface area contributed by atoms with Crippen LogP contribution < -0.4 is 10.6 Å². The first-order valence-corrected chi connectivity index (χ1v) is 9.84. The Balaban J connectivity index is 1.55. The second-order valence-corrected chi connectivity index (χ2v) is 7.96. The van der Waals surface area contributed by atoms with Crippen molar-refractivity contribution in [3.63, 3.8) is 0 Å². The molecule has 3 unspecified atom stereocenters. The molecule has 2 nitrogen and oxygen atoms in total. The van der Waals surface area contributed by atoms with Crippen molar-refractivity contribution < 1.29 is 0 Å². The van der Waals surface area contributed by atoms with Gasteiger partial charge in [0, 0.05) is 18.1 Å². The number of nitrogens with one attached hydrogen (secondary N) is 2. The molecule has 21 heavy (non-hydrogen) atoms. The molecule has 1 heterocycles. The summed E-state index contributed by atoms with van der Waals surface area (Å²) in [6.07, 6.45) is 17.4. The minimum absolute atomic E-state index is 0.736. The normalized spacial score (nSPS) is 37.3. The first-order valence-electron chi connectivity index (χ1n) is 9.84. The highest BCUT2D eigenvalue weighted by molar-refractivity contribution is 4.92. The molecule has 0 spiro atoms. The highest BCUT2D eigenvalue weighted by atomic mass is 15.0. The Morgan fingerprint density at radius 1 is 0.810 bits per heavy atom. The van der Waals surface area contributed by atoms with Gasteiger partial charge in [0.05, 0.1) is 0 Å². The summed E-state index contributed by atoms with van der Waals surface area (Å²) in [4.78, 5) is 0. The summed E-state index contributed by atoms with van der Waals surface area (Å²) in [5.74, 6) is 1.84. The molecule has 2 N–H and O–H groups in total. The van der Waals surface area contributed by atoms with Crippen LogP contribution in [0.15, 0.2) is 0 Å². The second kappa shape index (κ2) is 7.97. The molecule has 0 aromatic rings. The zero-order chi connectivity index (χ0) is 14.5. The van der Waals surface area contributed by atoms with Crippen LogP contribution in [0.2, 0.25) is 0 Å². The van der Waals surface area contributed by atoms with Gasteiger partial charge >= 0.3 is 0 Å². The average Bonchev–Trinajstić information content (AvgIpc) is 2.57. The van der Waals surface area contributed by atoms with Gasteiger partial charge in [-0.2, -0.15) is 0 Å². The molecule has 1 saturated heterocycles. The van der Waals surface area contributed by atoms with E-state index in [2.05, 4.69) is 17.6 Å². The van der Waals surface area contributed by atoms with Gasteiger partial charge in [0.15, 0.2) is 0 Å². The lowest BCUT2D eigenvalue weighted by Gasteiger charge is -2.42. The van der Waals surface area contributed by atoms with Gasteiger partial charge in [0.2, 0.25) is 0 Å². The van der Waals surface area contributed by atoms with Crippen LogP contribution in [0.25, 0.3) is 0 Å². The van der Waals surface area contributed by atoms with Gasteiger partial charge in [-0.15, -0.1) is 0 Å². The minimum Gasteiger partial charge on any atom is -0.314 e. The van der Waals surface area contributed by atoms with Crippen molar-refractivity contribution >= 4 is 0 Å². The molecule has 3 rings (SSSR count). The molecule has 0 bridgehead atoms. The van der Waals surface area contributed by atoms with Crippen molar-refractivity contribution in [1.29, 1.82) is 0 Å². The summed E-state index contributed by atoms with van der Waals surface area (Å²) in [6.45, 7) is 3.72. The number of piperidine rings is 1. The van der Waals surface area contributed by atoms with E-state index in [0.717, 1.165) is 30.0 Å². The van der Waals surface area contributed by atoms with Crippen LogP contribution in [0.1, 0.15) is 84.0 Å². The molecule has 0 aromatic heterocycles. The van der Waals surface area contributed by atoms with Crippen LogP contribution in [0.5, 0.6) is 0 Å². The van der Waals surface area contributed by atoms with Crippen molar-refractivity contribution in [2.24, 2.45) is 11.8 Å². The Hall–Kier alpha value is -0.0800. The van der Waals surface area contributed by atoms with E-state index in [9.17, 15) is 0 Å². The van der Waals surface area contributed by atoms with Crippen molar-refractivity contribution in [2.75, 3.05) is 6.54 Å². The van der Waals surface area contributed by atoms with E-state index in [1.807, 2.05) is 0 Å². The van der Waals surface area contributed by atoms with Gasteiger partial charge < -0.3 is 10.6 Å². The second-order valence-electron chi connectivity index (χ2n) is 7.96. The van der Waals surface area contributed by atoms with E-state index in [4.69, 9.17) is 0 Å². The molecular weight excluding hydrogens is 256 g/mol. The third kappa shape index (κ3) is 4.22. The maximum Gasteiger partial charge on any atom is 0.0113 e. The molecule has 2 saturated carbocycles. The average molecular weight is 293 g/mol. The number of hydrogen-bond donors (Lipinski definition) is 2. The first-order chi connectivity index (χ1) is 10.3. The Bertz CT molecular complexity index is 292. The molecule has 1 aliphatic heterocycles. The summed E-state index contributed by atoms with van der Waals surface area (Å²) in [5, 5.41) is 7.93. The third-order valence-corrected chi connectivity index (χ3v) is 6.52. The van der Waals surface area contributed by atoms with Crippen LogP contribution in [0, 0.1) is 11.8 Å². The van der Waals surface area contributed by atoms with Crippen molar-refractivity contribution in [3.8, 4) is 0 Å². The lowest BCUT2D eigenvalue weighted by atomic mass is 9.76. The summed E-state index contributed by atoms with van der Waals surface area (Å²) < 4.78 is 0. The maximum absolute atomic E-state index is 4.10. The predicted octanol–water partition coefficient (Wildman–Crippen LogP) is 4.25. The zero-order valence-corrected chi connectivity index (χ0v) is 14.1. The molecular formula is C19H36N2. The molecule has 2 aliphatic carbocycles. The molecule has 3 fully saturated rings. The summed E-state index contributed by atoms with van der Waals surface area (Å²) in [5.41, 5.74) is 0. The quantitative estimate of drug-likeness (QED) is 0.809. The molecule has 122 valence electrons. The monoisotopic (exact) mass is 292 g/mol. The largest absolute Gasteiger partial charge is 0.314 e. The topological polar surface area (TPSA) is 24.1 Å². The van der Waals surface area contributed by atoms with Crippen molar-refractivity contribution in [1.82, 2.24) is 10.6 Å². The zero-order valence-electron chi connectivity index (χ0n) is 14.1. The Kier molecular flexibility index (Phi) is 5.99. The Morgan fingerprint density at radius 2 is 1.52 bits per heavy atom. The summed E-state index contributed by atoms with van der Waals surface area (Å²) in [6, 6.07) is 2.32. The third-order valence-electron chi connectivity index (χ3n) is 6.52. The molecule has 0 amide bonds. The molecule has 4 atom stereocenters. The molecule has 0 aromatic carbocycles. The highest BCUT2D eigenvalue weighted by Gasteiger charge is 2.34. The smallest absolute Gasteiger partial charge is 0.0113 e. The molecule has 2 heteroatoms. The number of rotatable bonds is 4. The van der Waals surface area contributed by atoms with Gasteiger partial charge in [0.1, 0.15) is 0 Å². The SMILES string of the molecule is C[C@@H](NC1CCCCC1C1CCCCN1)C1CCCCC1. The molecule has 0 radical (unpaired) electrons. The van der Waals surface area contributed by atoms with E-state index >= 15 is 0 Å². The van der Waals surface area contributed by atoms with Crippen LogP contribution in [0.4, 0.5) is 0 Å². The van der Waals surface area contributed by atoms with Gasteiger partial charge in [-0.05, 0) is 63.8 Å². The summed E-state index contributed by atoms with van der Waals surface area (Å²) >= 11 is 0. The standard InChI is InChI=1S/C19H36N2/c1-15(16-9-3-2-4-10-16)21-19-13-6-5-11-17(19)18-12-7-8-14-20-18/h15-21H,2-14H2,1H3/t15-,17?,18?,19?/m1/s1. The number of hydrogen-bond acceptors (Lipinski definition) is 2. The Morgan fingerprint density at radius 3 is 2.29 bits per heavy atom. The highest BCUT2D eigenvalue weighted by Crippen LogP contribution is 2.32. The van der Waals surface area contributed by atoms with E-state index < -0.39 is 0 Å². The maximum atomic E-state index is 4.10. The van der Waals surface area contributed by atoms with E-state index in [-0.39, 0.29) is 0 Å². The van der Waals surface area contributed by atoms with Gasteiger partial charge in [-0.3, -0.25) is 0 Å². The van der Waals surface area contributed by atoms with Crippen molar-refractivity contribution in [3.05, 3.63) is 0 Å². The van der Waals surface area contributed by atoms with Crippen LogP contribution in [-0.4, -0.2) is 24.7 Å². The fourth-order valence-corrected chi connectivity index (χ4v) is 5.20. The van der Waals surface area contributed by atoms with Crippen LogP contribution in [0.3, 0.4) is 0 Å². The van der Waals surface area contributed by atoms with Gasteiger partial charge in [-0.25, -0.2) is 0 Å². The van der Waals surface area contributed by atoms with Crippen LogP contribution in [-0.2, 0) is 0 Å². The van der Waals surface area contributed by atoms with Gasteiger partial charge in [-0.1, -0.05) is 38.5 Å². The van der Waals surface area contributed by atoms with Crippen molar-refractivity contribution in [2.45, 2.75) is 102 Å². The molecule has 3 aliphatic rings. The Labute approximate surface area is 131 Å². The van der Waals surface area contributed by atoms with E-state index in [0.29, 0.717) is 0 Å². The van der Waals surface area contributed by atoms with E-state index in [1.165, 1.54) is 83.6 Å². The van der Waals surface area contributed by atoms with Gasteiger partial charge in [0.25, 0.3) is 0 Å². The fraction of sp³-hybridized carbons (Fsp3) is 1.00. The minimum atomic E-state index is 0.736. The lowest BCUT2D eigenvalue weighted by molar-refractivity contribution is 0.155. The predicted molar refractivity (Wildman–Crippen MR) is 90.6 cm³/mol. The summed E-state index contributed by atoms with van der Waals surface area (Å²) in [7, 11) is 0. The van der Waals surface area contributed by atoms with E-state index in [1.54, 1.807) is 0 Å². The fourth-order valence-electron chi connectivity index (χ4n) is 5.20. The first kappa shape index (κ1) is 15.8. The van der Waals surface area contributed by atoms with Crippen LogP contribution >= 0.6 is 0 Å². The lowest BCUT2D eigenvalue weighted by Crippen LogP contribution is -2.53.